The minimum Gasteiger partial charge on any atom is -0.477 e. The van der Waals surface area contributed by atoms with Crippen LogP contribution >= 0.6 is 0 Å². The Morgan fingerprint density at radius 2 is 2.00 bits per heavy atom. The van der Waals surface area contributed by atoms with Gasteiger partial charge in [-0.15, -0.1) is 0 Å². The molecule has 1 heterocycles. The smallest absolute Gasteiger partial charge is 0.218 e. The molecule has 0 unspecified atom stereocenters. The van der Waals surface area contributed by atoms with Gasteiger partial charge in [0.2, 0.25) is 5.88 Å². The normalized spacial score (nSPS) is 11.6. The van der Waals surface area contributed by atoms with Crippen LogP contribution < -0.4 is 10.5 Å². The fourth-order valence-electron chi connectivity index (χ4n) is 1.26. The molecule has 102 valence electrons. The van der Waals surface area contributed by atoms with Crippen molar-refractivity contribution in [1.82, 2.24) is 9.97 Å². The quantitative estimate of drug-likeness (QED) is 0.793. The topological polar surface area (TPSA) is 79.5 Å². The third-order valence-electron chi connectivity index (χ3n) is 2.55. The molecule has 6 heteroatoms. The van der Waals surface area contributed by atoms with E-state index in [0.717, 1.165) is 6.42 Å². The minimum absolute atomic E-state index is 0.214. The van der Waals surface area contributed by atoms with Crippen molar-refractivity contribution in [1.29, 1.82) is 0 Å². The van der Waals surface area contributed by atoms with E-state index in [1.165, 1.54) is 0 Å². The number of nitrogen functional groups attached to an aromatic ring is 1. The maximum absolute atomic E-state index is 5.66. The largest absolute Gasteiger partial charge is 0.477 e. The van der Waals surface area contributed by atoms with Crippen LogP contribution in [0.3, 0.4) is 0 Å². The highest BCUT2D eigenvalue weighted by molar-refractivity contribution is 5.32. The molecular formula is C12H21N3O3. The van der Waals surface area contributed by atoms with Crippen LogP contribution in [0, 0.1) is 0 Å². The standard InChI is InChI=1S/C12H21N3O3/c1-12(2,17-4)5-6-18-11-7-9(13)14-10(15-11)8-16-3/h7H,5-6,8H2,1-4H3,(H2,13,14,15). The molecule has 1 rings (SSSR count). The Morgan fingerprint density at radius 1 is 1.28 bits per heavy atom. The summed E-state index contributed by atoms with van der Waals surface area (Å²) in [5.41, 5.74) is 5.45. The molecule has 0 bridgehead atoms. The highest BCUT2D eigenvalue weighted by Gasteiger charge is 2.16. The molecule has 0 atom stereocenters. The van der Waals surface area contributed by atoms with Gasteiger partial charge in [-0.2, -0.15) is 4.98 Å². The summed E-state index contributed by atoms with van der Waals surface area (Å²) in [6, 6.07) is 1.60. The van der Waals surface area contributed by atoms with Crippen LogP contribution in [0.4, 0.5) is 5.82 Å². The van der Waals surface area contributed by atoms with Crippen molar-refractivity contribution < 1.29 is 14.2 Å². The van der Waals surface area contributed by atoms with Crippen molar-refractivity contribution in [3.8, 4) is 5.88 Å². The Bertz CT molecular complexity index is 383. The van der Waals surface area contributed by atoms with E-state index in [2.05, 4.69) is 9.97 Å². The zero-order valence-electron chi connectivity index (χ0n) is 11.4. The first-order chi connectivity index (χ1) is 8.46. The average molecular weight is 255 g/mol. The first kappa shape index (κ1) is 14.7. The SMILES string of the molecule is COCc1nc(N)cc(OCCC(C)(C)OC)n1. The molecule has 0 aliphatic rings. The average Bonchev–Trinajstić information content (AvgIpc) is 2.28. The molecule has 1 aromatic rings. The molecule has 2 N–H and O–H groups in total. The minimum atomic E-state index is -0.214. The van der Waals surface area contributed by atoms with Crippen molar-refractivity contribution >= 4 is 5.82 Å². The van der Waals surface area contributed by atoms with Crippen LogP contribution in [0.25, 0.3) is 0 Å². The molecule has 0 aromatic carbocycles. The number of ether oxygens (including phenoxy) is 3. The number of hydrogen-bond acceptors (Lipinski definition) is 6. The van der Waals surface area contributed by atoms with Crippen molar-refractivity contribution in [2.75, 3.05) is 26.6 Å². The predicted octanol–water partition coefficient (Wildman–Crippen LogP) is 1.40. The van der Waals surface area contributed by atoms with E-state index in [9.17, 15) is 0 Å². The third kappa shape index (κ3) is 4.85. The second kappa shape index (κ2) is 6.51. The number of nitrogens with zero attached hydrogens (tertiary/aromatic N) is 2. The molecule has 0 saturated carbocycles. The van der Waals surface area contributed by atoms with Crippen molar-refractivity contribution in [3.05, 3.63) is 11.9 Å². The monoisotopic (exact) mass is 255 g/mol. The molecule has 0 aliphatic carbocycles. The van der Waals surface area contributed by atoms with Crippen molar-refractivity contribution in [2.24, 2.45) is 0 Å². The molecule has 0 radical (unpaired) electrons. The molecule has 0 amide bonds. The summed E-state index contributed by atoms with van der Waals surface area (Å²) >= 11 is 0. The second-order valence-corrected chi connectivity index (χ2v) is 4.54. The zero-order valence-corrected chi connectivity index (χ0v) is 11.4. The molecule has 0 fully saturated rings. The van der Waals surface area contributed by atoms with Gasteiger partial charge in [0.15, 0.2) is 5.82 Å². The number of rotatable bonds is 7. The lowest BCUT2D eigenvalue weighted by atomic mass is 10.1. The van der Waals surface area contributed by atoms with E-state index in [4.69, 9.17) is 19.9 Å². The Labute approximate surface area is 107 Å². The lowest BCUT2D eigenvalue weighted by Crippen LogP contribution is -2.25. The molecule has 0 saturated heterocycles. The molecule has 18 heavy (non-hydrogen) atoms. The fraction of sp³-hybridized carbons (Fsp3) is 0.667. The third-order valence-corrected chi connectivity index (χ3v) is 2.55. The summed E-state index contributed by atoms with van der Waals surface area (Å²) in [6.45, 7) is 4.82. The summed E-state index contributed by atoms with van der Waals surface area (Å²) in [4.78, 5) is 8.22. The maximum atomic E-state index is 5.66. The van der Waals surface area contributed by atoms with Crippen LogP contribution in [0.2, 0.25) is 0 Å². The zero-order chi connectivity index (χ0) is 13.6. The molecular weight excluding hydrogens is 234 g/mol. The van der Waals surface area contributed by atoms with Crippen LogP contribution in [0.5, 0.6) is 5.88 Å². The number of hydrogen-bond donors (Lipinski definition) is 1. The summed E-state index contributed by atoms with van der Waals surface area (Å²) in [6.07, 6.45) is 0.757. The van der Waals surface area contributed by atoms with Gasteiger partial charge >= 0.3 is 0 Å². The Hall–Kier alpha value is -1.40. The summed E-state index contributed by atoms with van der Waals surface area (Å²) < 4.78 is 15.8. The van der Waals surface area contributed by atoms with Gasteiger partial charge < -0.3 is 19.9 Å². The number of aromatic nitrogens is 2. The van der Waals surface area contributed by atoms with Gasteiger partial charge in [0.1, 0.15) is 12.4 Å². The van der Waals surface area contributed by atoms with Crippen LogP contribution in [0.15, 0.2) is 6.07 Å². The van der Waals surface area contributed by atoms with E-state index in [1.54, 1.807) is 20.3 Å². The van der Waals surface area contributed by atoms with Gasteiger partial charge in [0.05, 0.1) is 12.2 Å². The lowest BCUT2D eigenvalue weighted by molar-refractivity contribution is 0.00504. The highest BCUT2D eigenvalue weighted by atomic mass is 16.5. The predicted molar refractivity (Wildman–Crippen MR) is 68.4 cm³/mol. The summed E-state index contributed by atoms with van der Waals surface area (Å²) in [5, 5.41) is 0. The van der Waals surface area contributed by atoms with E-state index >= 15 is 0 Å². The van der Waals surface area contributed by atoms with Crippen molar-refractivity contribution in [3.63, 3.8) is 0 Å². The van der Waals surface area contributed by atoms with Gasteiger partial charge in [0, 0.05) is 26.7 Å². The second-order valence-electron chi connectivity index (χ2n) is 4.54. The summed E-state index contributed by atoms with van der Waals surface area (Å²) in [7, 11) is 3.26. The summed E-state index contributed by atoms with van der Waals surface area (Å²) in [5.74, 6) is 1.35. The molecule has 0 spiro atoms. The number of nitrogens with two attached hydrogens (primary N) is 1. The van der Waals surface area contributed by atoms with Gasteiger partial charge in [0.25, 0.3) is 0 Å². The lowest BCUT2D eigenvalue weighted by Gasteiger charge is -2.22. The highest BCUT2D eigenvalue weighted by Crippen LogP contribution is 2.16. The Balaban J connectivity index is 2.56. The van der Waals surface area contributed by atoms with Gasteiger partial charge in [-0.1, -0.05) is 0 Å². The maximum Gasteiger partial charge on any atom is 0.218 e. The number of methoxy groups -OCH3 is 2. The van der Waals surface area contributed by atoms with Gasteiger partial charge in [-0.25, -0.2) is 4.98 Å². The van der Waals surface area contributed by atoms with Crippen LogP contribution in [-0.4, -0.2) is 36.4 Å². The van der Waals surface area contributed by atoms with E-state index in [0.29, 0.717) is 30.7 Å². The Morgan fingerprint density at radius 3 is 2.61 bits per heavy atom. The van der Waals surface area contributed by atoms with Gasteiger partial charge in [-0.3, -0.25) is 0 Å². The Kier molecular flexibility index (Phi) is 5.30. The molecule has 1 aromatic heterocycles. The fourth-order valence-corrected chi connectivity index (χ4v) is 1.26. The molecule has 0 aliphatic heterocycles. The van der Waals surface area contributed by atoms with Crippen LogP contribution in [0.1, 0.15) is 26.1 Å². The van der Waals surface area contributed by atoms with E-state index in [1.807, 2.05) is 13.8 Å². The van der Waals surface area contributed by atoms with Crippen LogP contribution in [-0.2, 0) is 16.1 Å². The van der Waals surface area contributed by atoms with Gasteiger partial charge in [-0.05, 0) is 13.8 Å². The van der Waals surface area contributed by atoms with E-state index < -0.39 is 0 Å². The number of anilines is 1. The van der Waals surface area contributed by atoms with Crippen molar-refractivity contribution in [2.45, 2.75) is 32.5 Å². The first-order valence-corrected chi connectivity index (χ1v) is 5.77. The van der Waals surface area contributed by atoms with E-state index in [-0.39, 0.29) is 5.60 Å². The molecule has 6 nitrogen and oxygen atoms in total. The first-order valence-electron chi connectivity index (χ1n) is 5.77.